The zero-order valence-electron chi connectivity index (χ0n) is 15.2. The summed E-state index contributed by atoms with van der Waals surface area (Å²) in [6, 6.07) is 13.2. The average Bonchev–Trinajstić information content (AvgIpc) is 2.95. The van der Waals surface area contributed by atoms with Gasteiger partial charge in [0.05, 0.1) is 20.8 Å². The molecule has 0 aromatic heterocycles. The minimum atomic E-state index is -0.124. The summed E-state index contributed by atoms with van der Waals surface area (Å²) < 4.78 is 12.9. The van der Waals surface area contributed by atoms with E-state index < -0.39 is 0 Å². The Morgan fingerprint density at radius 3 is 2.68 bits per heavy atom. The van der Waals surface area contributed by atoms with Gasteiger partial charge in [-0.25, -0.2) is 0 Å². The first kappa shape index (κ1) is 20.9. The van der Waals surface area contributed by atoms with Gasteiger partial charge >= 0.3 is 0 Å². The fourth-order valence-corrected chi connectivity index (χ4v) is 4.72. The van der Waals surface area contributed by atoms with Crippen LogP contribution in [-0.2, 0) is 4.79 Å². The van der Waals surface area contributed by atoms with Crippen LogP contribution in [0.4, 0.5) is 5.69 Å². The van der Waals surface area contributed by atoms with Crippen molar-refractivity contribution in [3.8, 4) is 11.5 Å². The highest BCUT2D eigenvalue weighted by atomic mass is 127. The quantitative estimate of drug-likeness (QED) is 0.203. The van der Waals surface area contributed by atoms with Gasteiger partial charge in [0, 0.05) is 0 Å². The van der Waals surface area contributed by atoms with Gasteiger partial charge in [-0.05, 0) is 65.4 Å². The lowest BCUT2D eigenvalue weighted by Gasteiger charge is -2.14. The summed E-state index contributed by atoms with van der Waals surface area (Å²) in [7, 11) is 0. The Morgan fingerprint density at radius 2 is 2.00 bits per heavy atom. The predicted molar refractivity (Wildman–Crippen MR) is 128 cm³/mol. The van der Waals surface area contributed by atoms with Gasteiger partial charge in [0.25, 0.3) is 5.91 Å². The highest BCUT2D eigenvalue weighted by molar-refractivity contribution is 14.1. The number of carbonyl (C=O) groups excluding carboxylic acids is 1. The second-order valence-electron chi connectivity index (χ2n) is 5.72. The van der Waals surface area contributed by atoms with Gasteiger partial charge < -0.3 is 9.47 Å². The zero-order chi connectivity index (χ0) is 20.1. The average molecular weight is 523 g/mol. The van der Waals surface area contributed by atoms with Crippen LogP contribution < -0.4 is 14.4 Å². The normalized spacial score (nSPS) is 15.2. The van der Waals surface area contributed by atoms with E-state index in [1.807, 2.05) is 55.5 Å². The van der Waals surface area contributed by atoms with E-state index in [2.05, 4.69) is 29.2 Å². The Hall–Kier alpha value is -1.84. The van der Waals surface area contributed by atoms with Gasteiger partial charge in [-0.2, -0.15) is 0 Å². The van der Waals surface area contributed by atoms with Crippen LogP contribution in [0.1, 0.15) is 12.5 Å². The van der Waals surface area contributed by atoms with Crippen LogP contribution in [0.25, 0.3) is 6.08 Å². The fourth-order valence-electron chi connectivity index (χ4n) is 2.64. The largest absolute Gasteiger partial charge is 0.490 e. The molecule has 1 fully saturated rings. The standard InChI is InChI=1S/C21H18INO3S2/c1-3-10-26-19-16(22)11-14(12-17(19)25-4-2)13-18-20(24)23(21(27)28-18)15-8-6-5-7-9-15/h3,5-9,11-13H,1,4,10H2,2H3/b18-13+. The highest BCUT2D eigenvalue weighted by Gasteiger charge is 2.33. The number of thioether (sulfide) groups is 1. The van der Waals surface area contributed by atoms with Crippen LogP contribution in [0, 0.1) is 3.57 Å². The molecule has 1 aliphatic heterocycles. The Bertz CT molecular complexity index is 944. The topological polar surface area (TPSA) is 38.8 Å². The number of hydrogen-bond donors (Lipinski definition) is 0. The van der Waals surface area contributed by atoms with Crippen molar-refractivity contribution in [1.82, 2.24) is 0 Å². The van der Waals surface area contributed by atoms with Crippen molar-refractivity contribution in [2.45, 2.75) is 6.92 Å². The van der Waals surface area contributed by atoms with E-state index in [1.165, 1.54) is 11.8 Å². The summed E-state index contributed by atoms with van der Waals surface area (Å²) in [5, 5.41) is 0. The third-order valence-corrected chi connectivity index (χ3v) is 5.89. The third kappa shape index (κ3) is 4.59. The number of carbonyl (C=O) groups is 1. The maximum atomic E-state index is 12.9. The molecule has 0 aliphatic carbocycles. The Morgan fingerprint density at radius 1 is 1.25 bits per heavy atom. The molecule has 0 spiro atoms. The number of rotatable bonds is 7. The third-order valence-electron chi connectivity index (χ3n) is 3.78. The van der Waals surface area contributed by atoms with Crippen molar-refractivity contribution in [1.29, 1.82) is 0 Å². The van der Waals surface area contributed by atoms with E-state index in [0.29, 0.717) is 33.9 Å². The van der Waals surface area contributed by atoms with Crippen LogP contribution in [0.3, 0.4) is 0 Å². The molecule has 0 N–H and O–H groups in total. The van der Waals surface area contributed by atoms with Crippen molar-refractivity contribution < 1.29 is 14.3 Å². The molecule has 4 nitrogen and oxygen atoms in total. The lowest BCUT2D eigenvalue weighted by atomic mass is 10.1. The summed E-state index contributed by atoms with van der Waals surface area (Å²) in [6.45, 7) is 6.51. The molecular weight excluding hydrogens is 505 g/mol. The SMILES string of the molecule is C=CCOc1c(I)cc(/C=C2/SC(=S)N(c3ccccc3)C2=O)cc1OCC. The van der Waals surface area contributed by atoms with Crippen molar-refractivity contribution in [3.63, 3.8) is 0 Å². The van der Waals surface area contributed by atoms with E-state index in [-0.39, 0.29) is 5.91 Å². The summed E-state index contributed by atoms with van der Waals surface area (Å²) in [5.74, 6) is 1.19. The summed E-state index contributed by atoms with van der Waals surface area (Å²) in [4.78, 5) is 15.0. The van der Waals surface area contributed by atoms with Crippen molar-refractivity contribution in [2.75, 3.05) is 18.1 Å². The molecule has 1 heterocycles. The molecule has 0 saturated carbocycles. The van der Waals surface area contributed by atoms with Crippen LogP contribution in [0.2, 0.25) is 0 Å². The minimum absolute atomic E-state index is 0.124. The number of benzene rings is 2. The van der Waals surface area contributed by atoms with Gasteiger partial charge in [-0.1, -0.05) is 54.8 Å². The molecule has 0 radical (unpaired) electrons. The Labute approximate surface area is 187 Å². The molecule has 0 bridgehead atoms. The second kappa shape index (κ2) is 9.58. The molecule has 1 aliphatic rings. The Balaban J connectivity index is 1.94. The maximum absolute atomic E-state index is 12.9. The van der Waals surface area contributed by atoms with E-state index in [9.17, 15) is 4.79 Å². The van der Waals surface area contributed by atoms with Crippen LogP contribution in [-0.4, -0.2) is 23.4 Å². The molecule has 2 aromatic carbocycles. The first-order valence-corrected chi connectivity index (χ1v) is 10.9. The van der Waals surface area contributed by atoms with Gasteiger partial charge in [0.2, 0.25) is 0 Å². The fraction of sp³-hybridized carbons (Fsp3) is 0.143. The Kier molecular flexibility index (Phi) is 7.14. The van der Waals surface area contributed by atoms with Crippen LogP contribution in [0.15, 0.2) is 60.0 Å². The van der Waals surface area contributed by atoms with E-state index in [1.54, 1.807) is 11.0 Å². The highest BCUT2D eigenvalue weighted by Crippen LogP contribution is 2.38. The zero-order valence-corrected chi connectivity index (χ0v) is 19.0. The maximum Gasteiger partial charge on any atom is 0.270 e. The molecule has 7 heteroatoms. The summed E-state index contributed by atoms with van der Waals surface area (Å²) in [6.07, 6.45) is 3.53. The number of amides is 1. The monoisotopic (exact) mass is 523 g/mol. The summed E-state index contributed by atoms with van der Waals surface area (Å²) in [5.41, 5.74) is 1.62. The van der Waals surface area contributed by atoms with Crippen molar-refractivity contribution in [2.24, 2.45) is 0 Å². The van der Waals surface area contributed by atoms with Gasteiger partial charge in [0.15, 0.2) is 15.8 Å². The molecule has 144 valence electrons. The van der Waals surface area contributed by atoms with Gasteiger partial charge in [-0.3, -0.25) is 9.69 Å². The number of ether oxygens (including phenoxy) is 2. The second-order valence-corrected chi connectivity index (χ2v) is 8.55. The van der Waals surface area contributed by atoms with Crippen molar-refractivity contribution >= 4 is 68.6 Å². The molecule has 2 aromatic rings. The first-order valence-electron chi connectivity index (χ1n) is 8.58. The smallest absolute Gasteiger partial charge is 0.270 e. The number of nitrogens with zero attached hydrogens (tertiary/aromatic N) is 1. The molecule has 28 heavy (non-hydrogen) atoms. The number of para-hydroxylation sites is 1. The van der Waals surface area contributed by atoms with E-state index in [4.69, 9.17) is 21.7 Å². The minimum Gasteiger partial charge on any atom is -0.490 e. The predicted octanol–water partition coefficient (Wildman–Crippen LogP) is 5.66. The summed E-state index contributed by atoms with van der Waals surface area (Å²) >= 11 is 8.93. The van der Waals surface area contributed by atoms with Gasteiger partial charge in [0.1, 0.15) is 6.61 Å². The van der Waals surface area contributed by atoms with E-state index >= 15 is 0 Å². The molecule has 1 saturated heterocycles. The number of hydrogen-bond acceptors (Lipinski definition) is 5. The lowest BCUT2D eigenvalue weighted by molar-refractivity contribution is -0.113. The lowest BCUT2D eigenvalue weighted by Crippen LogP contribution is -2.27. The molecule has 0 atom stereocenters. The number of thiocarbonyl (C=S) groups is 1. The van der Waals surface area contributed by atoms with Crippen molar-refractivity contribution in [3.05, 3.63) is 69.2 Å². The van der Waals surface area contributed by atoms with E-state index in [0.717, 1.165) is 14.8 Å². The molecule has 0 unspecified atom stereocenters. The number of halogens is 1. The molecule has 3 rings (SSSR count). The molecule has 1 amide bonds. The van der Waals surface area contributed by atoms with Crippen LogP contribution in [0.5, 0.6) is 11.5 Å². The molecular formula is C21H18INO3S2. The number of anilines is 1. The first-order chi connectivity index (χ1) is 13.5. The van der Waals surface area contributed by atoms with Crippen LogP contribution >= 0.6 is 46.6 Å². The van der Waals surface area contributed by atoms with Gasteiger partial charge in [-0.15, -0.1) is 0 Å².